The summed E-state index contributed by atoms with van der Waals surface area (Å²) in [7, 11) is 0. The van der Waals surface area contributed by atoms with Gasteiger partial charge in [0, 0.05) is 11.6 Å². The second-order valence-corrected chi connectivity index (χ2v) is 3.21. The van der Waals surface area contributed by atoms with E-state index in [1.807, 2.05) is 12.1 Å². The monoisotopic (exact) mass is 220 g/mol. The molecule has 16 heavy (non-hydrogen) atoms. The van der Waals surface area contributed by atoms with E-state index in [-0.39, 0.29) is 19.1 Å². The van der Waals surface area contributed by atoms with Crippen molar-refractivity contribution in [2.45, 2.75) is 0 Å². The molecule has 0 amide bonds. The number of nitrogens with two attached hydrogens (primary N) is 1. The molecular formula is C11H12N2O3. The smallest absolute Gasteiger partial charge is 0.222 e. The number of benzene rings is 1. The van der Waals surface area contributed by atoms with Gasteiger partial charge in [-0.3, -0.25) is 0 Å². The van der Waals surface area contributed by atoms with Crippen LogP contribution in [0.15, 0.2) is 34.9 Å². The minimum Gasteiger partial charge on any atom is -0.491 e. The Kier molecular flexibility index (Phi) is 3.07. The highest BCUT2D eigenvalue weighted by Crippen LogP contribution is 2.22. The minimum atomic E-state index is 0.00156. The van der Waals surface area contributed by atoms with Crippen LogP contribution in [-0.2, 0) is 0 Å². The Morgan fingerprint density at radius 1 is 1.31 bits per heavy atom. The first-order valence-electron chi connectivity index (χ1n) is 4.86. The Bertz CT molecular complexity index is 451. The Labute approximate surface area is 92.4 Å². The molecule has 5 heteroatoms. The molecule has 0 aliphatic rings. The first kappa shape index (κ1) is 10.5. The van der Waals surface area contributed by atoms with Gasteiger partial charge >= 0.3 is 0 Å². The zero-order chi connectivity index (χ0) is 11.4. The van der Waals surface area contributed by atoms with E-state index in [4.69, 9.17) is 20.1 Å². The molecule has 1 aromatic carbocycles. The molecule has 2 aromatic rings. The van der Waals surface area contributed by atoms with Crippen molar-refractivity contribution in [3.63, 3.8) is 0 Å². The fraction of sp³-hybridized carbons (Fsp3) is 0.182. The minimum absolute atomic E-state index is 0.00156. The third-order valence-electron chi connectivity index (χ3n) is 2.04. The van der Waals surface area contributed by atoms with Crippen LogP contribution in [-0.4, -0.2) is 23.5 Å². The molecule has 3 N–H and O–H groups in total. The number of aliphatic hydroxyl groups excluding tert-OH is 1. The molecule has 0 saturated carbocycles. The van der Waals surface area contributed by atoms with Gasteiger partial charge in [0.15, 0.2) is 0 Å². The summed E-state index contributed by atoms with van der Waals surface area (Å²) >= 11 is 0. The van der Waals surface area contributed by atoms with E-state index in [0.29, 0.717) is 11.4 Å². The predicted molar refractivity (Wildman–Crippen MR) is 58.9 cm³/mol. The van der Waals surface area contributed by atoms with Crippen molar-refractivity contribution in [1.82, 2.24) is 5.16 Å². The number of nitrogen functional groups attached to an aromatic ring is 1. The Hall–Kier alpha value is -2.01. The normalized spacial score (nSPS) is 10.3. The molecule has 1 heterocycles. The Morgan fingerprint density at radius 3 is 2.62 bits per heavy atom. The molecule has 0 fully saturated rings. The number of anilines is 1. The zero-order valence-electron chi connectivity index (χ0n) is 8.59. The fourth-order valence-corrected chi connectivity index (χ4v) is 1.31. The summed E-state index contributed by atoms with van der Waals surface area (Å²) in [5, 5.41) is 12.4. The highest BCUT2D eigenvalue weighted by atomic mass is 16.5. The van der Waals surface area contributed by atoms with Crippen LogP contribution in [0.2, 0.25) is 0 Å². The standard InChI is InChI=1S/C11H12N2O3/c12-11-7-10(13-16-11)8-1-3-9(4-2-8)15-6-5-14/h1-4,7,14H,5-6,12H2. The molecule has 2 rings (SSSR count). The van der Waals surface area contributed by atoms with Crippen LogP contribution in [0.5, 0.6) is 5.75 Å². The number of rotatable bonds is 4. The van der Waals surface area contributed by atoms with Crippen molar-refractivity contribution in [3.05, 3.63) is 30.3 Å². The largest absolute Gasteiger partial charge is 0.491 e. The number of nitrogens with zero attached hydrogens (tertiary/aromatic N) is 1. The fourth-order valence-electron chi connectivity index (χ4n) is 1.31. The number of aliphatic hydroxyl groups is 1. The van der Waals surface area contributed by atoms with Gasteiger partial charge in [-0.1, -0.05) is 5.16 Å². The van der Waals surface area contributed by atoms with E-state index in [1.54, 1.807) is 18.2 Å². The van der Waals surface area contributed by atoms with Crippen LogP contribution in [0.1, 0.15) is 0 Å². The molecule has 0 unspecified atom stereocenters. The van der Waals surface area contributed by atoms with Gasteiger partial charge < -0.3 is 20.1 Å². The maximum absolute atomic E-state index is 8.60. The summed E-state index contributed by atoms with van der Waals surface area (Å²) in [4.78, 5) is 0. The number of hydrogen-bond donors (Lipinski definition) is 2. The van der Waals surface area contributed by atoms with Crippen molar-refractivity contribution < 1.29 is 14.4 Å². The summed E-state index contributed by atoms with van der Waals surface area (Å²) in [5.74, 6) is 0.991. The lowest BCUT2D eigenvalue weighted by molar-refractivity contribution is 0.201. The Morgan fingerprint density at radius 2 is 2.06 bits per heavy atom. The van der Waals surface area contributed by atoms with Gasteiger partial charge in [0.25, 0.3) is 0 Å². The molecule has 84 valence electrons. The second-order valence-electron chi connectivity index (χ2n) is 3.21. The van der Waals surface area contributed by atoms with E-state index in [9.17, 15) is 0 Å². The molecule has 0 radical (unpaired) electrons. The topological polar surface area (TPSA) is 81.5 Å². The lowest BCUT2D eigenvalue weighted by Crippen LogP contribution is -2.01. The van der Waals surface area contributed by atoms with Crippen molar-refractivity contribution in [3.8, 4) is 17.0 Å². The summed E-state index contributed by atoms with van der Waals surface area (Å²) in [5.41, 5.74) is 7.02. The van der Waals surface area contributed by atoms with E-state index in [2.05, 4.69) is 5.16 Å². The summed E-state index contributed by atoms with van der Waals surface area (Å²) < 4.78 is 10.0. The third kappa shape index (κ3) is 2.32. The van der Waals surface area contributed by atoms with Crippen LogP contribution in [0.4, 0.5) is 5.88 Å². The van der Waals surface area contributed by atoms with Crippen LogP contribution in [0.3, 0.4) is 0 Å². The van der Waals surface area contributed by atoms with Crippen LogP contribution >= 0.6 is 0 Å². The van der Waals surface area contributed by atoms with Crippen molar-refractivity contribution in [1.29, 1.82) is 0 Å². The molecule has 0 spiro atoms. The van der Waals surface area contributed by atoms with Crippen molar-refractivity contribution in [2.75, 3.05) is 18.9 Å². The molecule has 0 saturated heterocycles. The third-order valence-corrected chi connectivity index (χ3v) is 2.04. The number of aromatic nitrogens is 1. The SMILES string of the molecule is Nc1cc(-c2ccc(OCCO)cc2)no1. The van der Waals surface area contributed by atoms with Gasteiger partial charge in [0.1, 0.15) is 18.1 Å². The molecular weight excluding hydrogens is 208 g/mol. The maximum atomic E-state index is 8.60. The van der Waals surface area contributed by atoms with Gasteiger partial charge in [-0.05, 0) is 24.3 Å². The molecule has 0 bridgehead atoms. The van der Waals surface area contributed by atoms with Gasteiger partial charge in [-0.25, -0.2) is 0 Å². The average molecular weight is 220 g/mol. The molecule has 5 nitrogen and oxygen atoms in total. The van der Waals surface area contributed by atoms with E-state index < -0.39 is 0 Å². The summed E-state index contributed by atoms with van der Waals surface area (Å²) in [6.07, 6.45) is 0. The lowest BCUT2D eigenvalue weighted by Gasteiger charge is -2.03. The van der Waals surface area contributed by atoms with Gasteiger partial charge in [-0.2, -0.15) is 0 Å². The maximum Gasteiger partial charge on any atom is 0.222 e. The van der Waals surface area contributed by atoms with E-state index >= 15 is 0 Å². The molecule has 0 aliphatic heterocycles. The summed E-state index contributed by atoms with van der Waals surface area (Å²) in [6, 6.07) is 8.96. The average Bonchev–Trinajstić information content (AvgIpc) is 2.74. The van der Waals surface area contributed by atoms with E-state index in [0.717, 1.165) is 5.56 Å². The van der Waals surface area contributed by atoms with E-state index in [1.165, 1.54) is 0 Å². The van der Waals surface area contributed by atoms with Crippen molar-refractivity contribution >= 4 is 5.88 Å². The molecule has 1 aromatic heterocycles. The molecule has 0 aliphatic carbocycles. The predicted octanol–water partition coefficient (Wildman–Crippen LogP) is 1.29. The van der Waals surface area contributed by atoms with Gasteiger partial charge in [0.2, 0.25) is 5.88 Å². The second kappa shape index (κ2) is 4.67. The number of ether oxygens (including phenoxy) is 1. The van der Waals surface area contributed by atoms with Gasteiger partial charge in [-0.15, -0.1) is 0 Å². The first-order chi connectivity index (χ1) is 7.79. The van der Waals surface area contributed by atoms with Crippen LogP contribution < -0.4 is 10.5 Å². The Balaban J connectivity index is 2.13. The quantitative estimate of drug-likeness (QED) is 0.811. The van der Waals surface area contributed by atoms with Gasteiger partial charge in [0.05, 0.1) is 6.61 Å². The lowest BCUT2D eigenvalue weighted by atomic mass is 10.1. The zero-order valence-corrected chi connectivity index (χ0v) is 8.59. The summed E-state index contributed by atoms with van der Waals surface area (Å²) in [6.45, 7) is 0.290. The molecule has 0 atom stereocenters. The highest BCUT2D eigenvalue weighted by Gasteiger charge is 2.03. The first-order valence-corrected chi connectivity index (χ1v) is 4.86. The number of hydrogen-bond acceptors (Lipinski definition) is 5. The van der Waals surface area contributed by atoms with Crippen molar-refractivity contribution in [2.24, 2.45) is 0 Å². The van der Waals surface area contributed by atoms with Crippen LogP contribution in [0.25, 0.3) is 11.3 Å². The highest BCUT2D eigenvalue weighted by molar-refractivity contribution is 5.61. The van der Waals surface area contributed by atoms with Crippen LogP contribution in [0, 0.1) is 0 Å².